The highest BCUT2D eigenvalue weighted by Gasteiger charge is 2.37. The summed E-state index contributed by atoms with van der Waals surface area (Å²) in [5, 5.41) is 3.36. The number of nitrogens with one attached hydrogen (secondary N) is 1. The van der Waals surface area contributed by atoms with E-state index in [1.807, 2.05) is 31.2 Å². The Morgan fingerprint density at radius 1 is 1.44 bits per heavy atom. The predicted octanol–water partition coefficient (Wildman–Crippen LogP) is 0.978. The van der Waals surface area contributed by atoms with Crippen LogP contribution in [0.15, 0.2) is 24.3 Å². The van der Waals surface area contributed by atoms with Gasteiger partial charge in [-0.15, -0.1) is 0 Å². The standard InChI is InChI=1S/C13H20N2O2S/c1-13(6-8-18(16,17)10-13)15-7-5-11-3-2-4-12(14)9-11/h2-4,9,15H,5-8,10,14H2,1H3. The molecule has 2 rings (SSSR count). The van der Waals surface area contributed by atoms with Gasteiger partial charge < -0.3 is 11.1 Å². The summed E-state index contributed by atoms with van der Waals surface area (Å²) < 4.78 is 22.9. The molecule has 1 aliphatic heterocycles. The summed E-state index contributed by atoms with van der Waals surface area (Å²) in [6.07, 6.45) is 1.56. The number of rotatable bonds is 4. The van der Waals surface area contributed by atoms with Gasteiger partial charge in [0.25, 0.3) is 0 Å². The molecule has 1 aliphatic rings. The lowest BCUT2D eigenvalue weighted by atomic mass is 10.0. The van der Waals surface area contributed by atoms with Gasteiger partial charge in [0.1, 0.15) is 0 Å². The van der Waals surface area contributed by atoms with E-state index in [2.05, 4.69) is 5.32 Å². The third-order valence-electron chi connectivity index (χ3n) is 3.42. The van der Waals surface area contributed by atoms with Crippen LogP contribution in [0.2, 0.25) is 0 Å². The number of anilines is 1. The third kappa shape index (κ3) is 3.46. The van der Waals surface area contributed by atoms with Gasteiger partial charge in [0.2, 0.25) is 0 Å². The fourth-order valence-corrected chi connectivity index (χ4v) is 4.53. The lowest BCUT2D eigenvalue weighted by molar-refractivity contribution is 0.401. The lowest BCUT2D eigenvalue weighted by Gasteiger charge is -2.23. The smallest absolute Gasteiger partial charge is 0.152 e. The fourth-order valence-electron chi connectivity index (χ4n) is 2.41. The zero-order chi connectivity index (χ0) is 13.2. The van der Waals surface area contributed by atoms with Crippen LogP contribution in [-0.2, 0) is 16.3 Å². The molecular weight excluding hydrogens is 248 g/mol. The second-order valence-corrected chi connectivity index (χ2v) is 7.51. The average molecular weight is 268 g/mol. The second kappa shape index (κ2) is 4.90. The van der Waals surface area contributed by atoms with Crippen molar-refractivity contribution in [1.82, 2.24) is 5.32 Å². The molecule has 0 amide bonds. The number of sulfone groups is 1. The summed E-state index contributed by atoms with van der Waals surface area (Å²) in [6.45, 7) is 2.76. The van der Waals surface area contributed by atoms with Crippen LogP contribution >= 0.6 is 0 Å². The number of hydrogen-bond donors (Lipinski definition) is 2. The number of nitrogen functional groups attached to an aromatic ring is 1. The van der Waals surface area contributed by atoms with Crippen LogP contribution in [0.1, 0.15) is 18.9 Å². The van der Waals surface area contributed by atoms with E-state index in [0.717, 1.165) is 18.7 Å². The molecule has 0 spiro atoms. The molecule has 18 heavy (non-hydrogen) atoms. The molecule has 0 bridgehead atoms. The van der Waals surface area contributed by atoms with Crippen LogP contribution in [0.4, 0.5) is 5.69 Å². The minimum atomic E-state index is -2.84. The molecule has 1 aromatic carbocycles. The van der Waals surface area contributed by atoms with Gasteiger partial charge in [0, 0.05) is 11.2 Å². The highest BCUT2D eigenvalue weighted by atomic mass is 32.2. The number of benzene rings is 1. The summed E-state index contributed by atoms with van der Waals surface area (Å²) in [6, 6.07) is 7.79. The van der Waals surface area contributed by atoms with E-state index in [1.165, 1.54) is 5.56 Å². The maximum atomic E-state index is 11.5. The SMILES string of the molecule is CC1(NCCc2cccc(N)c2)CCS(=O)(=O)C1. The molecule has 0 aromatic heterocycles. The van der Waals surface area contributed by atoms with E-state index in [9.17, 15) is 8.42 Å². The van der Waals surface area contributed by atoms with Crippen molar-refractivity contribution in [2.75, 3.05) is 23.8 Å². The minimum absolute atomic E-state index is 0.247. The van der Waals surface area contributed by atoms with E-state index in [4.69, 9.17) is 5.73 Å². The molecule has 1 atom stereocenters. The van der Waals surface area contributed by atoms with Crippen molar-refractivity contribution in [3.05, 3.63) is 29.8 Å². The van der Waals surface area contributed by atoms with Gasteiger partial charge >= 0.3 is 0 Å². The van der Waals surface area contributed by atoms with Crippen molar-refractivity contribution in [3.8, 4) is 0 Å². The predicted molar refractivity (Wildman–Crippen MR) is 74.2 cm³/mol. The Kier molecular flexibility index (Phi) is 3.64. The van der Waals surface area contributed by atoms with E-state index < -0.39 is 9.84 Å². The largest absolute Gasteiger partial charge is 0.399 e. The molecule has 1 unspecified atom stereocenters. The molecule has 0 aliphatic carbocycles. The van der Waals surface area contributed by atoms with E-state index >= 15 is 0 Å². The van der Waals surface area contributed by atoms with Crippen LogP contribution in [0.25, 0.3) is 0 Å². The fraction of sp³-hybridized carbons (Fsp3) is 0.538. The Morgan fingerprint density at radius 2 is 2.22 bits per heavy atom. The van der Waals surface area contributed by atoms with Gasteiger partial charge in [-0.25, -0.2) is 8.42 Å². The molecule has 1 heterocycles. The normalized spacial score (nSPS) is 26.3. The molecule has 1 aromatic rings. The first-order valence-corrected chi connectivity index (χ1v) is 8.01. The first kappa shape index (κ1) is 13.4. The molecule has 100 valence electrons. The van der Waals surface area contributed by atoms with Crippen molar-refractivity contribution in [2.24, 2.45) is 0 Å². The maximum absolute atomic E-state index is 11.5. The van der Waals surface area contributed by atoms with Gasteiger partial charge in [-0.2, -0.15) is 0 Å². The van der Waals surface area contributed by atoms with Crippen LogP contribution in [-0.4, -0.2) is 32.0 Å². The second-order valence-electron chi connectivity index (χ2n) is 5.32. The number of nitrogens with two attached hydrogens (primary N) is 1. The Morgan fingerprint density at radius 3 is 2.83 bits per heavy atom. The van der Waals surface area contributed by atoms with Gasteiger partial charge in [-0.05, 0) is 44.0 Å². The molecule has 1 fully saturated rings. The van der Waals surface area contributed by atoms with Crippen LogP contribution in [0, 0.1) is 0 Å². The van der Waals surface area contributed by atoms with Crippen molar-refractivity contribution >= 4 is 15.5 Å². The van der Waals surface area contributed by atoms with Gasteiger partial charge in [-0.1, -0.05) is 12.1 Å². The minimum Gasteiger partial charge on any atom is -0.399 e. The van der Waals surface area contributed by atoms with Gasteiger partial charge in [0.15, 0.2) is 9.84 Å². The third-order valence-corrected chi connectivity index (χ3v) is 5.32. The quantitative estimate of drug-likeness (QED) is 0.798. The monoisotopic (exact) mass is 268 g/mol. The maximum Gasteiger partial charge on any atom is 0.152 e. The van der Waals surface area contributed by atoms with Crippen molar-refractivity contribution < 1.29 is 8.42 Å². The molecule has 1 saturated heterocycles. The van der Waals surface area contributed by atoms with E-state index in [0.29, 0.717) is 12.2 Å². The van der Waals surface area contributed by atoms with E-state index in [-0.39, 0.29) is 11.3 Å². The van der Waals surface area contributed by atoms with Crippen molar-refractivity contribution in [1.29, 1.82) is 0 Å². The van der Waals surface area contributed by atoms with Crippen molar-refractivity contribution in [3.63, 3.8) is 0 Å². The first-order valence-electron chi connectivity index (χ1n) is 6.18. The zero-order valence-electron chi connectivity index (χ0n) is 10.6. The van der Waals surface area contributed by atoms with Crippen LogP contribution < -0.4 is 11.1 Å². The topological polar surface area (TPSA) is 72.2 Å². The summed E-state index contributed by atoms with van der Waals surface area (Å²) in [7, 11) is -2.84. The molecule has 0 saturated carbocycles. The first-order chi connectivity index (χ1) is 8.39. The molecule has 5 heteroatoms. The molecular formula is C13H20N2O2S. The molecule has 3 N–H and O–H groups in total. The summed E-state index contributed by atoms with van der Waals surface area (Å²) in [4.78, 5) is 0. The Hall–Kier alpha value is -1.07. The van der Waals surface area contributed by atoms with Crippen molar-refractivity contribution in [2.45, 2.75) is 25.3 Å². The van der Waals surface area contributed by atoms with Crippen LogP contribution in [0.5, 0.6) is 0 Å². The van der Waals surface area contributed by atoms with Gasteiger partial charge in [0.05, 0.1) is 11.5 Å². The highest BCUT2D eigenvalue weighted by molar-refractivity contribution is 7.91. The molecule has 0 radical (unpaired) electrons. The summed E-state index contributed by atoms with van der Waals surface area (Å²) in [5.41, 5.74) is 7.39. The lowest BCUT2D eigenvalue weighted by Crippen LogP contribution is -2.44. The molecule has 4 nitrogen and oxygen atoms in total. The summed E-state index contributed by atoms with van der Waals surface area (Å²) in [5.74, 6) is 0.547. The Bertz CT molecular complexity index is 528. The van der Waals surface area contributed by atoms with Gasteiger partial charge in [-0.3, -0.25) is 0 Å². The Labute approximate surface area is 108 Å². The highest BCUT2D eigenvalue weighted by Crippen LogP contribution is 2.22. The zero-order valence-corrected chi connectivity index (χ0v) is 11.5. The van der Waals surface area contributed by atoms with Crippen LogP contribution in [0.3, 0.4) is 0 Å². The Balaban J connectivity index is 1.86. The summed E-state index contributed by atoms with van der Waals surface area (Å²) >= 11 is 0. The van der Waals surface area contributed by atoms with E-state index in [1.54, 1.807) is 0 Å². The average Bonchev–Trinajstić information content (AvgIpc) is 2.53. The number of hydrogen-bond acceptors (Lipinski definition) is 4.